The fourth-order valence-electron chi connectivity index (χ4n) is 7.81. The van der Waals surface area contributed by atoms with Gasteiger partial charge in [0.2, 0.25) is 17.2 Å². The van der Waals surface area contributed by atoms with Crippen LogP contribution in [0.3, 0.4) is 0 Å². The molecule has 17 nitrogen and oxygen atoms in total. The summed E-state index contributed by atoms with van der Waals surface area (Å²) in [4.78, 5) is 9.07. The van der Waals surface area contributed by atoms with Crippen molar-refractivity contribution in [1.29, 1.82) is 0 Å². The van der Waals surface area contributed by atoms with E-state index in [1.165, 1.54) is 15.7 Å². The first-order chi connectivity index (χ1) is 31.8. The van der Waals surface area contributed by atoms with Crippen LogP contribution in [0.5, 0.6) is 57.5 Å². The Balaban J connectivity index is 1.43. The maximum absolute atomic E-state index is 12.1. The zero-order valence-electron chi connectivity index (χ0n) is 35.5. The molecular formula is C48H39B2N3O14. The lowest BCUT2D eigenvalue weighted by Crippen LogP contribution is -2.18. The quantitative estimate of drug-likeness (QED) is 0.0310. The van der Waals surface area contributed by atoms with Gasteiger partial charge in [-0.3, -0.25) is 0 Å². The van der Waals surface area contributed by atoms with Crippen LogP contribution in [0, 0.1) is 0 Å². The molecule has 1 aliphatic heterocycles. The zero-order chi connectivity index (χ0) is 48.3. The van der Waals surface area contributed by atoms with Crippen molar-refractivity contribution in [2.45, 2.75) is 12.8 Å². The van der Waals surface area contributed by atoms with Gasteiger partial charge in [0, 0.05) is 17.4 Å². The molecule has 0 amide bonds. The highest BCUT2D eigenvalue weighted by atomic mass is 16.5. The second kappa shape index (κ2) is 16.7. The first-order valence-corrected chi connectivity index (χ1v) is 20.1. The average molecular weight is 903 g/mol. The number of benzene rings is 5. The van der Waals surface area contributed by atoms with Gasteiger partial charge in [0.25, 0.3) is 0 Å². The topological polar surface area (TPSA) is 316 Å². The van der Waals surface area contributed by atoms with Crippen LogP contribution in [-0.4, -0.2) is 88.6 Å². The van der Waals surface area contributed by atoms with E-state index < -0.39 is 132 Å². The number of aromatic hydroxyl groups is 9. The van der Waals surface area contributed by atoms with E-state index in [4.69, 9.17) is 14.9 Å². The third-order valence-electron chi connectivity index (χ3n) is 11.4. The summed E-state index contributed by atoms with van der Waals surface area (Å²) in [6, 6.07) is 17.2. The van der Waals surface area contributed by atoms with Crippen molar-refractivity contribution in [3.05, 3.63) is 148 Å². The van der Waals surface area contributed by atoms with Crippen LogP contribution in [-0.2, 0) is 6.42 Å². The fraction of sp³-hybridized carbons (Fsp3) is 0.0417. The van der Waals surface area contributed by atoms with Gasteiger partial charge in [0.15, 0.2) is 63.2 Å². The number of amidine groups is 2. The summed E-state index contributed by atoms with van der Waals surface area (Å²) in [6.45, 7) is 7.68. The van der Waals surface area contributed by atoms with Crippen molar-refractivity contribution < 1.29 is 70.4 Å². The van der Waals surface area contributed by atoms with Crippen LogP contribution < -0.4 is 15.9 Å². The summed E-state index contributed by atoms with van der Waals surface area (Å²) >= 11 is 0. The molecule has 1 aromatic heterocycles. The molecule has 1 aliphatic carbocycles. The monoisotopic (exact) mass is 903 g/mol. The van der Waals surface area contributed by atoms with Crippen molar-refractivity contribution in [3.8, 4) is 68.6 Å². The molecule has 2 aliphatic rings. The maximum Gasteiger partial charge on any atom is 0.208 e. The maximum atomic E-state index is 12.1. The minimum absolute atomic E-state index is 0.132. The van der Waals surface area contributed by atoms with Crippen molar-refractivity contribution in [2.24, 2.45) is 15.7 Å². The van der Waals surface area contributed by atoms with Gasteiger partial charge in [-0.15, -0.1) is 0 Å². The number of ether oxygens (including phenoxy) is 1. The molecule has 0 saturated carbocycles. The van der Waals surface area contributed by atoms with Crippen LogP contribution in [0.25, 0.3) is 44.3 Å². The van der Waals surface area contributed by atoms with Crippen LogP contribution in [0.4, 0.5) is 0 Å². The summed E-state index contributed by atoms with van der Waals surface area (Å²) in [6.07, 6.45) is 6.81. The molecule has 0 radical (unpaired) electrons. The molecule has 0 unspecified atom stereocenters. The highest BCUT2D eigenvalue weighted by Gasteiger charge is 2.34. The summed E-state index contributed by atoms with van der Waals surface area (Å²) in [5, 5.41) is 132. The molecule has 6 aromatic rings. The van der Waals surface area contributed by atoms with E-state index in [-0.39, 0.29) is 22.2 Å². The lowest BCUT2D eigenvalue weighted by Gasteiger charge is -2.20. The van der Waals surface area contributed by atoms with E-state index in [1.54, 1.807) is 12.2 Å². The van der Waals surface area contributed by atoms with Gasteiger partial charge < -0.3 is 76.2 Å². The Morgan fingerprint density at radius 2 is 1.27 bits per heavy atom. The Hall–Kier alpha value is -9.25. The van der Waals surface area contributed by atoms with Gasteiger partial charge in [-0.1, -0.05) is 86.0 Å². The molecule has 0 saturated heterocycles. The minimum atomic E-state index is -1.14. The van der Waals surface area contributed by atoms with Gasteiger partial charge in [-0.25, -0.2) is 9.98 Å². The number of fused-ring (bicyclic) bond motifs is 4. The number of phenolic OH excluding ortho intramolecular Hbond substituents is 9. The lowest BCUT2D eigenvalue weighted by molar-refractivity contribution is 0.278. The Kier molecular flexibility index (Phi) is 11.1. The number of hydrogen-bond acceptors (Lipinski definition) is 15. The molecule has 336 valence electrons. The number of aliphatic hydroxyl groups is 3. The Morgan fingerprint density at radius 1 is 0.627 bits per heavy atom. The number of furan rings is 1. The van der Waals surface area contributed by atoms with Crippen molar-refractivity contribution in [1.82, 2.24) is 0 Å². The van der Waals surface area contributed by atoms with Gasteiger partial charge in [-0.05, 0) is 45.7 Å². The van der Waals surface area contributed by atoms with Crippen LogP contribution in [0.2, 0.25) is 0 Å². The van der Waals surface area contributed by atoms with E-state index in [9.17, 15) is 61.3 Å². The number of nitrogens with two attached hydrogens (primary N) is 1. The summed E-state index contributed by atoms with van der Waals surface area (Å²) in [7, 11) is 2.58. The Bertz CT molecular complexity index is 3420. The van der Waals surface area contributed by atoms with Crippen molar-refractivity contribution >= 4 is 66.0 Å². The molecule has 0 bridgehead atoms. The number of rotatable bonds is 6. The third-order valence-corrected chi connectivity index (χ3v) is 11.4. The normalized spacial score (nSPS) is 17.0. The second-order valence-electron chi connectivity index (χ2n) is 15.5. The van der Waals surface area contributed by atoms with Crippen LogP contribution in [0.15, 0.2) is 141 Å². The molecular weight excluding hydrogens is 864 g/mol. The average Bonchev–Trinajstić information content (AvgIpc) is 3.55. The van der Waals surface area contributed by atoms with E-state index >= 15 is 0 Å². The van der Waals surface area contributed by atoms with E-state index in [2.05, 4.69) is 23.1 Å². The van der Waals surface area contributed by atoms with E-state index in [0.717, 1.165) is 11.1 Å². The second-order valence-corrected chi connectivity index (χ2v) is 15.5. The van der Waals surface area contributed by atoms with E-state index in [0.29, 0.717) is 23.1 Å². The molecule has 0 spiro atoms. The molecule has 14 N–H and O–H groups in total. The highest BCUT2D eigenvalue weighted by Crippen LogP contribution is 2.54. The molecule has 67 heavy (non-hydrogen) atoms. The van der Waals surface area contributed by atoms with Gasteiger partial charge in [0.05, 0.1) is 22.2 Å². The Morgan fingerprint density at radius 3 is 1.99 bits per heavy atom. The van der Waals surface area contributed by atoms with Gasteiger partial charge in [-0.2, -0.15) is 0 Å². The molecule has 5 aromatic carbocycles. The Labute approximate surface area is 381 Å². The summed E-state index contributed by atoms with van der Waals surface area (Å²) < 4.78 is 11.7. The lowest BCUT2D eigenvalue weighted by atomic mass is 9.87. The minimum Gasteiger partial charge on any atom is -0.508 e. The number of phenols is 9. The largest absolute Gasteiger partial charge is 0.508 e. The molecule has 2 heterocycles. The third kappa shape index (κ3) is 7.29. The van der Waals surface area contributed by atoms with Gasteiger partial charge >= 0.3 is 0 Å². The number of aliphatic imine (C=N–C) groups is 2. The summed E-state index contributed by atoms with van der Waals surface area (Å²) in [5.41, 5.74) is 6.49. The smallest absolute Gasteiger partial charge is 0.208 e. The standard InChI is InChI=1S/C48H39B2N3O14/c1-18(27-35(57)40(62)32(50)28-29-36(58)41(63)42(64)43(65)46(29)67-45(27)28)52-48(30-37(59)33(55)25-17-26(54)34(56)39(61)31(49)19(2)66-44(25)38(30)60)53-47(51)24-15-8-4-7-14-23(24)22-13-9-12-21(16-22)20-10-5-3-6-11-20/h3,5-16,54-65H,1-2,4,17,49-50H2,(H2,51,52,53)/b34-26-,39-31-. The number of allylic oxidation sites excluding steroid dienone is 6. The number of hydrogen-bond donors (Lipinski definition) is 13. The van der Waals surface area contributed by atoms with Crippen molar-refractivity contribution in [2.75, 3.05) is 0 Å². The van der Waals surface area contributed by atoms with Crippen LogP contribution in [0.1, 0.15) is 28.7 Å². The molecule has 0 fully saturated rings. The van der Waals surface area contributed by atoms with Crippen LogP contribution >= 0.6 is 0 Å². The number of aliphatic hydroxyl groups excluding tert-OH is 3. The summed E-state index contributed by atoms with van der Waals surface area (Å²) in [5.74, 6) is -14.0. The highest BCUT2D eigenvalue weighted by molar-refractivity contribution is 6.44. The number of nitrogens with zero attached hydrogens (tertiary/aromatic N) is 2. The predicted molar refractivity (Wildman–Crippen MR) is 256 cm³/mol. The first kappa shape index (κ1) is 44.4. The SMILES string of the molecule is B/C1=C(O)/C(O)=C(/O)Cc2c(O)c(O)c(C(/N=C(\N)C3=C(c4cccc(-c5ccccc5)c4)C=CCC=C3)=N/C(=C)c3c(O)c(O)c(B)c4c3oc3c(O)c(O)c(O)c(O)c34)c(O)c2OC1=C. The predicted octanol–water partition coefficient (Wildman–Crippen LogP) is 5.79. The first-order valence-electron chi connectivity index (χ1n) is 20.1. The van der Waals surface area contributed by atoms with Gasteiger partial charge in [0.1, 0.15) is 44.2 Å². The fourth-order valence-corrected chi connectivity index (χ4v) is 7.81. The zero-order valence-corrected chi connectivity index (χ0v) is 35.5. The van der Waals surface area contributed by atoms with Crippen molar-refractivity contribution in [3.63, 3.8) is 0 Å². The molecule has 8 rings (SSSR count). The van der Waals surface area contributed by atoms with E-state index in [1.807, 2.05) is 66.7 Å². The molecule has 0 atom stereocenters. The molecule has 19 heteroatoms.